The fraction of sp³-hybridized carbons (Fsp3) is 0.444. The van der Waals surface area contributed by atoms with E-state index >= 15 is 0 Å². The predicted molar refractivity (Wildman–Crippen MR) is 49.4 cm³/mol. The molecule has 0 saturated heterocycles. The van der Waals surface area contributed by atoms with E-state index in [0.717, 1.165) is 5.69 Å². The summed E-state index contributed by atoms with van der Waals surface area (Å²) in [7, 11) is 0. The lowest BCUT2D eigenvalue weighted by atomic mass is 10.3. The first-order valence-electron chi connectivity index (χ1n) is 4.19. The summed E-state index contributed by atoms with van der Waals surface area (Å²) < 4.78 is 0. The van der Waals surface area contributed by atoms with Crippen LogP contribution in [0.25, 0.3) is 0 Å². The second kappa shape index (κ2) is 3.98. The quantitative estimate of drug-likeness (QED) is 0.734. The molecule has 0 fully saturated rings. The van der Waals surface area contributed by atoms with Crippen LogP contribution in [0.2, 0.25) is 0 Å². The fourth-order valence-electron chi connectivity index (χ4n) is 0.909. The van der Waals surface area contributed by atoms with E-state index in [-0.39, 0.29) is 11.9 Å². The van der Waals surface area contributed by atoms with Gasteiger partial charge in [0.25, 0.3) is 5.91 Å². The molecule has 1 aromatic rings. The van der Waals surface area contributed by atoms with Gasteiger partial charge in [0.2, 0.25) is 0 Å². The van der Waals surface area contributed by atoms with E-state index in [9.17, 15) is 4.79 Å². The number of rotatable bonds is 2. The summed E-state index contributed by atoms with van der Waals surface area (Å²) in [5.74, 6) is -0.175. The van der Waals surface area contributed by atoms with E-state index < -0.39 is 0 Å². The smallest absolute Gasteiger partial charge is 0.271 e. The van der Waals surface area contributed by atoms with Crippen LogP contribution in [0.3, 0.4) is 0 Å². The Morgan fingerprint density at radius 3 is 2.69 bits per heavy atom. The van der Waals surface area contributed by atoms with Crippen molar-refractivity contribution in [2.24, 2.45) is 0 Å². The minimum Gasteiger partial charge on any atom is -0.348 e. The van der Waals surface area contributed by atoms with Gasteiger partial charge in [0.1, 0.15) is 5.69 Å². The van der Waals surface area contributed by atoms with Crippen LogP contribution >= 0.6 is 0 Å². The van der Waals surface area contributed by atoms with Crippen molar-refractivity contribution in [1.29, 1.82) is 0 Å². The van der Waals surface area contributed by atoms with Gasteiger partial charge in [-0.1, -0.05) is 0 Å². The first-order valence-corrected chi connectivity index (χ1v) is 4.19. The van der Waals surface area contributed by atoms with Gasteiger partial charge in [0, 0.05) is 12.2 Å². The molecule has 1 aromatic heterocycles. The second-order valence-corrected chi connectivity index (χ2v) is 3.17. The van der Waals surface area contributed by atoms with Gasteiger partial charge in [-0.15, -0.1) is 0 Å². The maximum absolute atomic E-state index is 11.4. The van der Waals surface area contributed by atoms with Crippen LogP contribution in [0.4, 0.5) is 0 Å². The molecule has 0 aliphatic rings. The van der Waals surface area contributed by atoms with E-state index in [2.05, 4.69) is 15.3 Å². The number of carbonyl (C=O) groups is 1. The second-order valence-electron chi connectivity index (χ2n) is 3.17. The van der Waals surface area contributed by atoms with Crippen LogP contribution in [0.15, 0.2) is 12.4 Å². The molecular weight excluding hydrogens is 166 g/mol. The maximum atomic E-state index is 11.4. The highest BCUT2D eigenvalue weighted by Gasteiger charge is 2.08. The van der Waals surface area contributed by atoms with E-state index in [1.54, 1.807) is 13.1 Å². The highest BCUT2D eigenvalue weighted by Crippen LogP contribution is 1.95. The van der Waals surface area contributed by atoms with Crippen molar-refractivity contribution in [3.05, 3.63) is 23.8 Å². The zero-order valence-corrected chi connectivity index (χ0v) is 8.03. The summed E-state index contributed by atoms with van der Waals surface area (Å²) in [6.45, 7) is 5.61. The Hall–Kier alpha value is -1.45. The molecule has 0 radical (unpaired) electrons. The molecule has 1 heterocycles. The Balaban J connectivity index is 2.77. The van der Waals surface area contributed by atoms with Gasteiger partial charge in [-0.05, 0) is 20.8 Å². The summed E-state index contributed by atoms with van der Waals surface area (Å²) in [6.07, 6.45) is 3.08. The van der Waals surface area contributed by atoms with Crippen molar-refractivity contribution < 1.29 is 4.79 Å². The number of amides is 1. The Kier molecular flexibility index (Phi) is 2.95. The minimum atomic E-state index is -0.175. The Morgan fingerprint density at radius 2 is 2.15 bits per heavy atom. The summed E-state index contributed by atoms with van der Waals surface area (Å²) in [5.41, 5.74) is 1.12. The van der Waals surface area contributed by atoms with Gasteiger partial charge in [-0.3, -0.25) is 9.78 Å². The predicted octanol–water partition coefficient (Wildman–Crippen LogP) is 0.923. The van der Waals surface area contributed by atoms with Crippen molar-refractivity contribution in [3.8, 4) is 0 Å². The lowest BCUT2D eigenvalue weighted by Crippen LogP contribution is -2.30. The van der Waals surface area contributed by atoms with Gasteiger partial charge in [-0.25, -0.2) is 4.98 Å². The molecular formula is C9H13N3O. The van der Waals surface area contributed by atoms with Gasteiger partial charge < -0.3 is 5.32 Å². The number of nitrogens with zero attached hydrogens (tertiary/aromatic N) is 2. The maximum Gasteiger partial charge on any atom is 0.271 e. The standard InChI is InChI=1S/C9H13N3O/c1-6(2)11-9(13)8-5-10-4-7(3)12-8/h4-6H,1-3H3,(H,11,13). The molecule has 0 saturated carbocycles. The lowest BCUT2D eigenvalue weighted by molar-refractivity contribution is 0.0937. The van der Waals surface area contributed by atoms with Crippen molar-refractivity contribution in [2.45, 2.75) is 26.8 Å². The molecule has 0 spiro atoms. The Labute approximate surface area is 77.4 Å². The van der Waals surface area contributed by atoms with E-state index in [0.29, 0.717) is 5.69 Å². The summed E-state index contributed by atoms with van der Waals surface area (Å²) in [6, 6.07) is 0.120. The third-order valence-electron chi connectivity index (χ3n) is 1.41. The van der Waals surface area contributed by atoms with Gasteiger partial charge >= 0.3 is 0 Å². The summed E-state index contributed by atoms with van der Waals surface area (Å²) in [5, 5.41) is 2.74. The van der Waals surface area contributed by atoms with Crippen LogP contribution < -0.4 is 5.32 Å². The first kappa shape index (κ1) is 9.64. The largest absolute Gasteiger partial charge is 0.348 e. The van der Waals surface area contributed by atoms with E-state index in [1.807, 2.05) is 13.8 Å². The molecule has 0 aliphatic carbocycles. The highest BCUT2D eigenvalue weighted by atomic mass is 16.1. The number of hydrogen-bond acceptors (Lipinski definition) is 3. The number of aryl methyl sites for hydroxylation is 1. The van der Waals surface area contributed by atoms with Crippen LogP contribution in [-0.4, -0.2) is 21.9 Å². The van der Waals surface area contributed by atoms with Crippen molar-refractivity contribution in [2.75, 3.05) is 0 Å². The third kappa shape index (κ3) is 2.82. The zero-order valence-electron chi connectivity index (χ0n) is 8.03. The number of nitrogens with one attached hydrogen (secondary N) is 1. The normalized spacial score (nSPS) is 10.2. The minimum absolute atomic E-state index is 0.120. The SMILES string of the molecule is Cc1cncc(C(=O)NC(C)C)n1. The van der Waals surface area contributed by atoms with Crippen LogP contribution in [-0.2, 0) is 0 Å². The van der Waals surface area contributed by atoms with Crippen molar-refractivity contribution >= 4 is 5.91 Å². The molecule has 0 aliphatic heterocycles. The average molecular weight is 179 g/mol. The monoisotopic (exact) mass is 179 g/mol. The molecule has 1 N–H and O–H groups in total. The number of aromatic nitrogens is 2. The number of hydrogen-bond donors (Lipinski definition) is 1. The van der Waals surface area contributed by atoms with Crippen molar-refractivity contribution in [3.63, 3.8) is 0 Å². The van der Waals surface area contributed by atoms with Crippen molar-refractivity contribution in [1.82, 2.24) is 15.3 Å². The molecule has 4 heteroatoms. The zero-order chi connectivity index (χ0) is 9.84. The molecule has 0 atom stereocenters. The summed E-state index contributed by atoms with van der Waals surface area (Å²) >= 11 is 0. The fourth-order valence-corrected chi connectivity index (χ4v) is 0.909. The molecule has 1 amide bonds. The molecule has 4 nitrogen and oxygen atoms in total. The topological polar surface area (TPSA) is 54.9 Å². The van der Waals surface area contributed by atoms with Crippen LogP contribution in [0, 0.1) is 6.92 Å². The van der Waals surface area contributed by atoms with Crippen LogP contribution in [0.1, 0.15) is 30.0 Å². The molecule has 0 bridgehead atoms. The molecule has 13 heavy (non-hydrogen) atoms. The average Bonchev–Trinajstić information content (AvgIpc) is 2.03. The highest BCUT2D eigenvalue weighted by molar-refractivity contribution is 5.92. The van der Waals surface area contributed by atoms with E-state index in [4.69, 9.17) is 0 Å². The van der Waals surface area contributed by atoms with Gasteiger partial charge in [-0.2, -0.15) is 0 Å². The van der Waals surface area contributed by atoms with E-state index in [1.165, 1.54) is 6.20 Å². The molecule has 70 valence electrons. The van der Waals surface area contributed by atoms with Gasteiger partial charge in [0.05, 0.1) is 11.9 Å². The van der Waals surface area contributed by atoms with Gasteiger partial charge in [0.15, 0.2) is 0 Å². The molecule has 1 rings (SSSR count). The molecule has 0 aromatic carbocycles. The molecule has 0 unspecified atom stereocenters. The number of carbonyl (C=O) groups excluding carboxylic acids is 1. The summed E-state index contributed by atoms with van der Waals surface area (Å²) in [4.78, 5) is 19.3. The first-order chi connectivity index (χ1) is 6.09. The third-order valence-corrected chi connectivity index (χ3v) is 1.41. The Morgan fingerprint density at radius 1 is 1.46 bits per heavy atom. The Bertz CT molecular complexity index is 309. The van der Waals surface area contributed by atoms with Crippen LogP contribution in [0.5, 0.6) is 0 Å². The lowest BCUT2D eigenvalue weighted by Gasteiger charge is -2.06.